The Labute approximate surface area is 248 Å². The average Bonchev–Trinajstić information content (AvgIpc) is 3.14. The molecule has 0 amide bonds. The highest BCUT2D eigenvalue weighted by Crippen LogP contribution is 2.35. The molecule has 0 spiro atoms. The van der Waals surface area contributed by atoms with Gasteiger partial charge in [-0.2, -0.15) is 5.26 Å². The zero-order chi connectivity index (χ0) is 29.1. The number of nitrogens with one attached hydrogen (secondary N) is 1. The van der Waals surface area contributed by atoms with E-state index in [1.165, 1.54) is 44.6 Å². The summed E-state index contributed by atoms with van der Waals surface area (Å²) < 4.78 is 2.35. The zero-order valence-corrected chi connectivity index (χ0v) is 24.5. The lowest BCUT2D eigenvalue weighted by molar-refractivity contribution is 0.948. The number of hydrogen-bond acceptors (Lipinski definition) is 2. The van der Waals surface area contributed by atoms with Crippen LogP contribution >= 0.6 is 0 Å². The van der Waals surface area contributed by atoms with Gasteiger partial charge in [-0.1, -0.05) is 78.4 Å². The Kier molecular flexibility index (Phi) is 7.62. The molecule has 6 rings (SSSR count). The normalized spacial score (nSPS) is 14.2. The molecular formula is C39H35N3. The van der Waals surface area contributed by atoms with Crippen molar-refractivity contribution < 1.29 is 0 Å². The Morgan fingerprint density at radius 3 is 2.60 bits per heavy atom. The van der Waals surface area contributed by atoms with Gasteiger partial charge in [-0.3, -0.25) is 0 Å². The number of nitrogens with zero attached hydrogens (tertiary/aromatic N) is 2. The number of allylic oxidation sites excluding steroid dienone is 10. The SMILES string of the molecule is C/C=C\C(=C(C)C)C1=C(Nc2cc(C#N)cc(-c3cccc(-n4c5c(c6ccccc64)C=CCC=C5)c3)c2)CCC=C1. The van der Waals surface area contributed by atoms with Crippen molar-refractivity contribution in [3.8, 4) is 22.9 Å². The summed E-state index contributed by atoms with van der Waals surface area (Å²) in [6, 6.07) is 25.7. The van der Waals surface area contributed by atoms with Crippen LogP contribution in [0.4, 0.5) is 5.69 Å². The minimum atomic E-state index is 0.637. The molecule has 1 aromatic heterocycles. The molecule has 0 aliphatic heterocycles. The number of fused-ring (bicyclic) bond motifs is 3. The Hall–Kier alpha value is -5.07. The summed E-state index contributed by atoms with van der Waals surface area (Å²) in [6.07, 6.45) is 20.5. The maximum absolute atomic E-state index is 9.97. The molecule has 0 fully saturated rings. The van der Waals surface area contributed by atoms with Gasteiger partial charge in [0.05, 0.1) is 22.8 Å². The number of nitriles is 1. The Bertz CT molecular complexity index is 1910. The van der Waals surface area contributed by atoms with Crippen LogP contribution in [0.5, 0.6) is 0 Å². The lowest BCUT2D eigenvalue weighted by atomic mass is 9.93. The predicted molar refractivity (Wildman–Crippen MR) is 178 cm³/mol. The summed E-state index contributed by atoms with van der Waals surface area (Å²) in [5, 5.41) is 14.9. The number of anilines is 1. The van der Waals surface area contributed by atoms with Gasteiger partial charge < -0.3 is 9.88 Å². The first-order chi connectivity index (χ1) is 20.6. The summed E-state index contributed by atoms with van der Waals surface area (Å²) in [7, 11) is 0. The molecule has 3 aromatic carbocycles. The van der Waals surface area contributed by atoms with Crippen LogP contribution in [0.25, 0.3) is 39.9 Å². The zero-order valence-electron chi connectivity index (χ0n) is 24.5. The molecule has 4 aromatic rings. The molecular weight excluding hydrogens is 510 g/mol. The minimum Gasteiger partial charge on any atom is -0.358 e. The van der Waals surface area contributed by atoms with Crippen molar-refractivity contribution in [1.82, 2.24) is 4.57 Å². The second kappa shape index (κ2) is 11.8. The van der Waals surface area contributed by atoms with Gasteiger partial charge in [0.15, 0.2) is 0 Å². The number of hydrogen-bond donors (Lipinski definition) is 1. The van der Waals surface area contributed by atoms with Crippen molar-refractivity contribution in [3.05, 3.63) is 142 Å². The number of para-hydroxylation sites is 1. The van der Waals surface area contributed by atoms with Gasteiger partial charge in [0.1, 0.15) is 0 Å². The van der Waals surface area contributed by atoms with Crippen LogP contribution in [0.1, 0.15) is 56.9 Å². The van der Waals surface area contributed by atoms with Gasteiger partial charge in [-0.25, -0.2) is 0 Å². The second-order valence-electron chi connectivity index (χ2n) is 11.0. The van der Waals surface area contributed by atoms with E-state index in [4.69, 9.17) is 0 Å². The first-order valence-electron chi connectivity index (χ1n) is 14.7. The molecule has 206 valence electrons. The van der Waals surface area contributed by atoms with Gasteiger partial charge in [-0.15, -0.1) is 0 Å². The third-order valence-electron chi connectivity index (χ3n) is 7.91. The van der Waals surface area contributed by atoms with E-state index in [2.05, 4.69) is 140 Å². The summed E-state index contributed by atoms with van der Waals surface area (Å²) in [5.74, 6) is 0. The smallest absolute Gasteiger partial charge is 0.0992 e. The van der Waals surface area contributed by atoms with Crippen molar-refractivity contribution >= 4 is 28.7 Å². The average molecular weight is 546 g/mol. The van der Waals surface area contributed by atoms with Crippen LogP contribution < -0.4 is 5.32 Å². The van der Waals surface area contributed by atoms with Crippen molar-refractivity contribution in [1.29, 1.82) is 5.26 Å². The number of aromatic nitrogens is 1. The molecule has 3 nitrogen and oxygen atoms in total. The number of rotatable bonds is 6. The lowest BCUT2D eigenvalue weighted by Crippen LogP contribution is -2.08. The van der Waals surface area contributed by atoms with E-state index in [-0.39, 0.29) is 0 Å². The summed E-state index contributed by atoms with van der Waals surface area (Å²) >= 11 is 0. The second-order valence-corrected chi connectivity index (χ2v) is 11.0. The van der Waals surface area contributed by atoms with Crippen LogP contribution in [0.3, 0.4) is 0 Å². The molecule has 42 heavy (non-hydrogen) atoms. The standard InChI is InChI=1S/C39H35N3/c1-4-13-33(27(2)3)34-16-8-10-19-37(34)41-31-23-28(26-40)22-30(24-31)29-14-12-15-32(25-29)42-38-20-7-5-6-17-35(38)36-18-9-11-21-39(36)42/h4,6-9,11-18,20-25,41H,5,10,19H2,1-3H3/b13-4-. The highest BCUT2D eigenvalue weighted by molar-refractivity contribution is 5.96. The Morgan fingerprint density at radius 1 is 0.905 bits per heavy atom. The van der Waals surface area contributed by atoms with E-state index in [1.807, 2.05) is 12.1 Å². The third-order valence-corrected chi connectivity index (χ3v) is 7.91. The van der Waals surface area contributed by atoms with E-state index < -0.39 is 0 Å². The Morgan fingerprint density at radius 2 is 1.76 bits per heavy atom. The highest BCUT2D eigenvalue weighted by atomic mass is 15.0. The van der Waals surface area contributed by atoms with E-state index in [0.29, 0.717) is 5.56 Å². The monoisotopic (exact) mass is 545 g/mol. The fraction of sp³-hybridized carbons (Fsp3) is 0.154. The maximum Gasteiger partial charge on any atom is 0.0992 e. The van der Waals surface area contributed by atoms with Crippen molar-refractivity contribution in [2.45, 2.75) is 40.0 Å². The molecule has 0 radical (unpaired) electrons. The third kappa shape index (κ3) is 5.20. The van der Waals surface area contributed by atoms with Crippen LogP contribution in [-0.4, -0.2) is 4.57 Å². The van der Waals surface area contributed by atoms with Gasteiger partial charge >= 0.3 is 0 Å². The van der Waals surface area contributed by atoms with E-state index in [0.717, 1.165) is 41.8 Å². The first kappa shape index (κ1) is 27.1. The first-order valence-corrected chi connectivity index (χ1v) is 14.7. The quantitative estimate of drug-likeness (QED) is 0.245. The molecule has 3 heteroatoms. The molecule has 1 N–H and O–H groups in total. The predicted octanol–water partition coefficient (Wildman–Crippen LogP) is 10.5. The summed E-state index contributed by atoms with van der Waals surface area (Å²) in [4.78, 5) is 0. The minimum absolute atomic E-state index is 0.637. The fourth-order valence-electron chi connectivity index (χ4n) is 6.01. The molecule has 0 atom stereocenters. The lowest BCUT2D eigenvalue weighted by Gasteiger charge is -2.21. The van der Waals surface area contributed by atoms with Gasteiger partial charge in [-0.05, 0) is 99.2 Å². The van der Waals surface area contributed by atoms with Crippen LogP contribution in [0, 0.1) is 11.3 Å². The maximum atomic E-state index is 9.97. The number of benzene rings is 3. The molecule has 1 heterocycles. The molecule has 0 unspecified atom stereocenters. The van der Waals surface area contributed by atoms with Crippen molar-refractivity contribution in [3.63, 3.8) is 0 Å². The van der Waals surface area contributed by atoms with Gasteiger partial charge in [0.25, 0.3) is 0 Å². The fourth-order valence-corrected chi connectivity index (χ4v) is 6.01. The molecule has 2 aliphatic carbocycles. The van der Waals surface area contributed by atoms with E-state index in [9.17, 15) is 5.26 Å². The largest absolute Gasteiger partial charge is 0.358 e. The van der Waals surface area contributed by atoms with Gasteiger partial charge in [0, 0.05) is 33.6 Å². The molecule has 0 saturated heterocycles. The van der Waals surface area contributed by atoms with Crippen LogP contribution in [0.15, 0.2) is 126 Å². The summed E-state index contributed by atoms with van der Waals surface area (Å²) in [6.45, 7) is 6.37. The van der Waals surface area contributed by atoms with Gasteiger partial charge in [0.2, 0.25) is 0 Å². The Balaban J connectivity index is 1.45. The van der Waals surface area contributed by atoms with Crippen molar-refractivity contribution in [2.24, 2.45) is 0 Å². The molecule has 0 bridgehead atoms. The molecule has 2 aliphatic rings. The topological polar surface area (TPSA) is 40.8 Å². The van der Waals surface area contributed by atoms with Crippen LogP contribution in [0.2, 0.25) is 0 Å². The van der Waals surface area contributed by atoms with E-state index in [1.54, 1.807) is 0 Å². The van der Waals surface area contributed by atoms with Crippen LogP contribution in [-0.2, 0) is 0 Å². The summed E-state index contributed by atoms with van der Waals surface area (Å²) in [5.41, 5.74) is 13.3. The van der Waals surface area contributed by atoms with E-state index >= 15 is 0 Å². The van der Waals surface area contributed by atoms with Crippen molar-refractivity contribution in [2.75, 3.05) is 5.32 Å². The molecule has 0 saturated carbocycles. The highest BCUT2D eigenvalue weighted by Gasteiger charge is 2.17.